The van der Waals surface area contributed by atoms with Crippen molar-refractivity contribution in [3.05, 3.63) is 35.4 Å². The van der Waals surface area contributed by atoms with Gasteiger partial charge in [-0.3, -0.25) is 9.59 Å². The summed E-state index contributed by atoms with van der Waals surface area (Å²) in [7, 11) is 0. The Hall–Kier alpha value is -1.35. The molecule has 1 saturated carbocycles. The number of nitrogens with one attached hydrogen (secondary N) is 1. The van der Waals surface area contributed by atoms with Crippen LogP contribution in [0.25, 0.3) is 0 Å². The minimum atomic E-state index is -0.898. The van der Waals surface area contributed by atoms with Gasteiger partial charge in [-0.15, -0.1) is 11.6 Å². The van der Waals surface area contributed by atoms with Crippen LogP contribution in [0.5, 0.6) is 0 Å². The van der Waals surface area contributed by atoms with E-state index in [0.717, 1.165) is 24.0 Å². The third-order valence-corrected chi connectivity index (χ3v) is 4.44. The molecule has 1 N–H and O–H groups in total. The van der Waals surface area contributed by atoms with E-state index in [4.69, 9.17) is 11.6 Å². The van der Waals surface area contributed by atoms with E-state index < -0.39 is 5.54 Å². The summed E-state index contributed by atoms with van der Waals surface area (Å²) in [6, 6.07) is 7.91. The molecule has 1 aliphatic carbocycles. The summed E-state index contributed by atoms with van der Waals surface area (Å²) in [6.07, 6.45) is 2.98. The van der Waals surface area contributed by atoms with Crippen molar-refractivity contribution in [2.45, 2.75) is 51.0 Å². The second kappa shape index (κ2) is 6.61. The SMILES string of the molecule is CC(C)c1ccccc1C1(NC(=O)CCl)CCCCC1=O. The van der Waals surface area contributed by atoms with Crippen LogP contribution in [0.1, 0.15) is 56.6 Å². The molecule has 0 aromatic heterocycles. The highest BCUT2D eigenvalue weighted by Gasteiger charge is 2.43. The Labute approximate surface area is 131 Å². The lowest BCUT2D eigenvalue weighted by molar-refractivity contribution is -0.133. The predicted octanol–water partition coefficient (Wildman–Crippen LogP) is 3.50. The molecule has 114 valence electrons. The fourth-order valence-corrected chi connectivity index (χ4v) is 3.24. The van der Waals surface area contributed by atoms with Gasteiger partial charge in [-0.05, 0) is 36.3 Å². The zero-order chi connectivity index (χ0) is 15.5. The van der Waals surface area contributed by atoms with Crippen LogP contribution in [-0.2, 0) is 15.1 Å². The predicted molar refractivity (Wildman–Crippen MR) is 84.5 cm³/mol. The normalized spacial score (nSPS) is 22.4. The number of carbonyl (C=O) groups excluding carboxylic acids is 2. The molecular weight excluding hydrogens is 286 g/mol. The summed E-state index contributed by atoms with van der Waals surface area (Å²) >= 11 is 5.65. The molecule has 1 aliphatic rings. The summed E-state index contributed by atoms with van der Waals surface area (Å²) < 4.78 is 0. The second-order valence-electron chi connectivity index (χ2n) is 5.96. The Morgan fingerprint density at radius 1 is 1.33 bits per heavy atom. The number of Topliss-reactive ketones (excluding diaryl/α,β-unsaturated/α-hetero) is 1. The average Bonchev–Trinajstić information content (AvgIpc) is 2.49. The standard InChI is InChI=1S/C17H22ClNO2/c1-12(2)13-7-3-4-8-14(13)17(19-16(21)11-18)10-6-5-9-15(17)20/h3-4,7-8,12H,5-6,9-11H2,1-2H3,(H,19,21). The molecule has 0 radical (unpaired) electrons. The summed E-state index contributed by atoms with van der Waals surface area (Å²) in [4.78, 5) is 24.6. The van der Waals surface area contributed by atoms with Gasteiger partial charge in [-0.2, -0.15) is 0 Å². The maximum absolute atomic E-state index is 12.7. The van der Waals surface area contributed by atoms with Gasteiger partial charge in [-0.1, -0.05) is 38.1 Å². The summed E-state index contributed by atoms with van der Waals surface area (Å²) in [6.45, 7) is 4.20. The van der Waals surface area contributed by atoms with Crippen molar-refractivity contribution in [3.8, 4) is 0 Å². The quantitative estimate of drug-likeness (QED) is 0.865. The minimum Gasteiger partial charge on any atom is -0.339 e. The number of amides is 1. The number of alkyl halides is 1. The second-order valence-corrected chi connectivity index (χ2v) is 6.23. The number of halogens is 1. The zero-order valence-corrected chi connectivity index (χ0v) is 13.4. The van der Waals surface area contributed by atoms with Crippen LogP contribution < -0.4 is 5.32 Å². The molecule has 0 aliphatic heterocycles. The monoisotopic (exact) mass is 307 g/mol. The van der Waals surface area contributed by atoms with Crippen molar-refractivity contribution in [1.82, 2.24) is 5.32 Å². The van der Waals surface area contributed by atoms with Crippen LogP contribution >= 0.6 is 11.6 Å². The van der Waals surface area contributed by atoms with Crippen molar-refractivity contribution in [3.63, 3.8) is 0 Å². The molecule has 1 aromatic rings. The molecule has 0 spiro atoms. The Morgan fingerprint density at radius 3 is 2.67 bits per heavy atom. The van der Waals surface area contributed by atoms with E-state index in [0.29, 0.717) is 18.8 Å². The minimum absolute atomic E-state index is 0.0975. The summed E-state index contributed by atoms with van der Waals surface area (Å²) in [5.74, 6) is -0.0229. The van der Waals surface area contributed by atoms with Crippen LogP contribution in [0.4, 0.5) is 0 Å². The van der Waals surface area contributed by atoms with Crippen LogP contribution in [0.3, 0.4) is 0 Å². The van der Waals surface area contributed by atoms with Gasteiger partial charge in [0.1, 0.15) is 11.4 Å². The molecule has 1 fully saturated rings. The summed E-state index contributed by atoms with van der Waals surface area (Å²) in [5.41, 5.74) is 1.15. The Kier molecular flexibility index (Phi) is 5.04. The largest absolute Gasteiger partial charge is 0.339 e. The molecular formula is C17H22ClNO2. The highest BCUT2D eigenvalue weighted by atomic mass is 35.5. The number of hydrogen-bond acceptors (Lipinski definition) is 2. The maximum Gasteiger partial charge on any atom is 0.235 e. The average molecular weight is 308 g/mol. The van der Waals surface area contributed by atoms with Gasteiger partial charge in [0.15, 0.2) is 5.78 Å². The van der Waals surface area contributed by atoms with E-state index in [2.05, 4.69) is 19.2 Å². The Balaban J connectivity index is 2.54. The fraction of sp³-hybridized carbons (Fsp3) is 0.529. The topological polar surface area (TPSA) is 46.2 Å². The van der Waals surface area contributed by atoms with E-state index in [9.17, 15) is 9.59 Å². The Bertz CT molecular complexity index is 541. The van der Waals surface area contributed by atoms with Crippen molar-refractivity contribution >= 4 is 23.3 Å². The van der Waals surface area contributed by atoms with Gasteiger partial charge in [0, 0.05) is 6.42 Å². The van der Waals surface area contributed by atoms with Gasteiger partial charge >= 0.3 is 0 Å². The molecule has 1 aromatic carbocycles. The van der Waals surface area contributed by atoms with Gasteiger partial charge < -0.3 is 5.32 Å². The van der Waals surface area contributed by atoms with Gasteiger partial charge in [-0.25, -0.2) is 0 Å². The smallest absolute Gasteiger partial charge is 0.235 e. The van der Waals surface area contributed by atoms with Crippen molar-refractivity contribution in [1.29, 1.82) is 0 Å². The number of ketones is 1. The molecule has 1 amide bonds. The zero-order valence-electron chi connectivity index (χ0n) is 12.6. The van der Waals surface area contributed by atoms with Crippen molar-refractivity contribution in [2.24, 2.45) is 0 Å². The molecule has 0 saturated heterocycles. The molecule has 3 nitrogen and oxygen atoms in total. The first-order valence-electron chi connectivity index (χ1n) is 7.51. The van der Waals surface area contributed by atoms with Crippen LogP contribution in [0, 0.1) is 0 Å². The van der Waals surface area contributed by atoms with Crippen molar-refractivity contribution < 1.29 is 9.59 Å². The highest BCUT2D eigenvalue weighted by molar-refractivity contribution is 6.27. The van der Waals surface area contributed by atoms with Crippen LogP contribution in [0.2, 0.25) is 0 Å². The van der Waals surface area contributed by atoms with Crippen molar-refractivity contribution in [2.75, 3.05) is 5.88 Å². The molecule has 4 heteroatoms. The van der Waals surface area contributed by atoms with E-state index in [-0.39, 0.29) is 17.6 Å². The molecule has 0 heterocycles. The molecule has 0 bridgehead atoms. The third kappa shape index (κ3) is 3.13. The van der Waals surface area contributed by atoms with Crippen LogP contribution in [-0.4, -0.2) is 17.6 Å². The molecule has 2 rings (SSSR count). The first kappa shape index (κ1) is 16.0. The fourth-order valence-electron chi connectivity index (χ4n) is 3.17. The Morgan fingerprint density at radius 2 is 2.05 bits per heavy atom. The van der Waals surface area contributed by atoms with Gasteiger partial charge in [0.2, 0.25) is 5.91 Å². The molecule has 1 unspecified atom stereocenters. The lowest BCUT2D eigenvalue weighted by Gasteiger charge is -2.38. The number of benzene rings is 1. The highest BCUT2D eigenvalue weighted by Crippen LogP contribution is 2.38. The number of rotatable bonds is 4. The number of hydrogen-bond donors (Lipinski definition) is 1. The van der Waals surface area contributed by atoms with E-state index in [1.807, 2.05) is 24.3 Å². The summed E-state index contributed by atoms with van der Waals surface area (Å²) in [5, 5.41) is 2.92. The maximum atomic E-state index is 12.7. The van der Waals surface area contributed by atoms with E-state index in [1.165, 1.54) is 0 Å². The third-order valence-electron chi connectivity index (χ3n) is 4.20. The van der Waals surface area contributed by atoms with Gasteiger partial charge in [0.25, 0.3) is 0 Å². The molecule has 1 atom stereocenters. The van der Waals surface area contributed by atoms with Gasteiger partial charge in [0.05, 0.1) is 0 Å². The van der Waals surface area contributed by atoms with Crippen LogP contribution in [0.15, 0.2) is 24.3 Å². The van der Waals surface area contributed by atoms with E-state index in [1.54, 1.807) is 0 Å². The van der Waals surface area contributed by atoms with E-state index >= 15 is 0 Å². The first-order valence-corrected chi connectivity index (χ1v) is 8.04. The first-order chi connectivity index (χ1) is 10.0. The molecule has 21 heavy (non-hydrogen) atoms. The lowest BCUT2D eigenvalue weighted by Crippen LogP contribution is -2.54. The lowest BCUT2D eigenvalue weighted by atomic mass is 9.72. The number of carbonyl (C=O) groups is 2.